The number of likely N-dealkylation sites (N-methyl/N-ethyl adjacent to an activating group) is 1. The number of nitrogens with zero attached hydrogens (tertiary/aromatic N) is 2. The van der Waals surface area contributed by atoms with Gasteiger partial charge in [0.1, 0.15) is 4.90 Å². The summed E-state index contributed by atoms with van der Waals surface area (Å²) in [6.45, 7) is 1.91. The molecule has 0 N–H and O–H groups in total. The maximum absolute atomic E-state index is 12.4. The first-order chi connectivity index (χ1) is 9.01. The van der Waals surface area contributed by atoms with E-state index in [1.165, 1.54) is 15.4 Å². The Kier molecular flexibility index (Phi) is 4.34. The van der Waals surface area contributed by atoms with E-state index in [-0.39, 0.29) is 10.9 Å². The molecule has 0 fully saturated rings. The van der Waals surface area contributed by atoms with E-state index < -0.39 is 10.0 Å². The molecule has 4 nitrogen and oxygen atoms in total. The second-order valence-corrected chi connectivity index (χ2v) is 7.37. The molecule has 2 aromatic heterocycles. The molecule has 2 heterocycles. The average Bonchev–Trinajstić information content (AvgIpc) is 2.91. The van der Waals surface area contributed by atoms with E-state index in [0.717, 1.165) is 0 Å². The van der Waals surface area contributed by atoms with Crippen molar-refractivity contribution >= 4 is 21.4 Å². The molecule has 0 amide bonds. The van der Waals surface area contributed by atoms with Crippen LogP contribution in [0.4, 0.5) is 0 Å². The van der Waals surface area contributed by atoms with Crippen LogP contribution in [-0.2, 0) is 16.4 Å². The molecule has 0 aromatic carbocycles. The Morgan fingerprint density at radius 3 is 2.74 bits per heavy atom. The summed E-state index contributed by atoms with van der Waals surface area (Å²) in [5.41, 5.74) is 0. The highest BCUT2D eigenvalue weighted by molar-refractivity contribution is 7.89. The fourth-order valence-corrected chi connectivity index (χ4v) is 3.90. The molecule has 0 spiro atoms. The summed E-state index contributed by atoms with van der Waals surface area (Å²) in [5, 5.41) is 2.00. The second kappa shape index (κ2) is 5.81. The Bertz CT molecular complexity index is 609. The molecular formula is C13H16N2O2S2. The summed E-state index contributed by atoms with van der Waals surface area (Å²) in [7, 11) is -1.85. The number of rotatable bonds is 5. The lowest BCUT2D eigenvalue weighted by molar-refractivity contribution is 0.388. The van der Waals surface area contributed by atoms with Gasteiger partial charge in [-0.05, 0) is 36.9 Å². The highest BCUT2D eigenvalue weighted by atomic mass is 32.2. The van der Waals surface area contributed by atoms with Crippen molar-refractivity contribution in [3.63, 3.8) is 0 Å². The molecule has 0 saturated heterocycles. The third kappa shape index (κ3) is 3.20. The fourth-order valence-electron chi connectivity index (χ4n) is 1.75. The highest BCUT2D eigenvalue weighted by Gasteiger charge is 2.25. The minimum Gasteiger partial charge on any atom is -0.263 e. The average molecular weight is 296 g/mol. The lowest BCUT2D eigenvalue weighted by Crippen LogP contribution is -2.36. The van der Waals surface area contributed by atoms with Gasteiger partial charge in [-0.1, -0.05) is 6.07 Å². The Hall–Kier alpha value is -1.24. The molecule has 1 atom stereocenters. The number of hydrogen-bond acceptors (Lipinski definition) is 4. The maximum atomic E-state index is 12.4. The van der Waals surface area contributed by atoms with E-state index in [2.05, 4.69) is 4.98 Å². The van der Waals surface area contributed by atoms with Crippen molar-refractivity contribution in [3.05, 3.63) is 46.9 Å². The van der Waals surface area contributed by atoms with Crippen molar-refractivity contribution < 1.29 is 8.42 Å². The monoisotopic (exact) mass is 296 g/mol. The minimum absolute atomic E-state index is 0.0937. The molecular weight excluding hydrogens is 280 g/mol. The predicted octanol–water partition coefficient (Wildman–Crippen LogP) is 2.39. The normalized spacial score (nSPS) is 13.6. The molecule has 19 heavy (non-hydrogen) atoms. The SMILES string of the molecule is C[C@H](Cc1cccs1)N(C)S(=O)(=O)c1cccnc1. The van der Waals surface area contributed by atoms with Gasteiger partial charge in [-0.15, -0.1) is 11.3 Å². The van der Waals surface area contributed by atoms with E-state index in [1.54, 1.807) is 36.7 Å². The first kappa shape index (κ1) is 14.2. The summed E-state index contributed by atoms with van der Waals surface area (Å²) in [5.74, 6) is 0. The number of hydrogen-bond donors (Lipinski definition) is 0. The van der Waals surface area contributed by atoms with Crippen LogP contribution in [0.15, 0.2) is 46.9 Å². The molecule has 0 radical (unpaired) electrons. The van der Waals surface area contributed by atoms with Gasteiger partial charge in [0.2, 0.25) is 10.0 Å². The van der Waals surface area contributed by atoms with E-state index in [0.29, 0.717) is 6.42 Å². The van der Waals surface area contributed by atoms with Gasteiger partial charge in [-0.25, -0.2) is 8.42 Å². The third-order valence-corrected chi connectivity index (χ3v) is 5.86. The van der Waals surface area contributed by atoms with Crippen LogP contribution in [0.2, 0.25) is 0 Å². The molecule has 0 saturated carbocycles. The van der Waals surface area contributed by atoms with Crippen LogP contribution in [0.5, 0.6) is 0 Å². The fraction of sp³-hybridized carbons (Fsp3) is 0.308. The van der Waals surface area contributed by atoms with Crippen LogP contribution >= 0.6 is 11.3 Å². The Labute approximate surface area is 117 Å². The topological polar surface area (TPSA) is 50.3 Å². The first-order valence-corrected chi connectivity index (χ1v) is 8.24. The lowest BCUT2D eigenvalue weighted by Gasteiger charge is -2.23. The van der Waals surface area contributed by atoms with Crippen molar-refractivity contribution in [1.82, 2.24) is 9.29 Å². The van der Waals surface area contributed by atoms with Gasteiger partial charge in [0.05, 0.1) is 0 Å². The molecule has 0 aliphatic rings. The number of pyridine rings is 1. The Morgan fingerprint density at radius 1 is 1.37 bits per heavy atom. The van der Waals surface area contributed by atoms with Crippen molar-refractivity contribution in [2.75, 3.05) is 7.05 Å². The van der Waals surface area contributed by atoms with Crippen molar-refractivity contribution in [2.45, 2.75) is 24.3 Å². The van der Waals surface area contributed by atoms with Gasteiger partial charge >= 0.3 is 0 Å². The van der Waals surface area contributed by atoms with Gasteiger partial charge in [0, 0.05) is 30.4 Å². The number of aromatic nitrogens is 1. The molecule has 0 aliphatic carbocycles. The van der Waals surface area contributed by atoms with Crippen LogP contribution in [0, 0.1) is 0 Å². The van der Waals surface area contributed by atoms with Crippen LogP contribution in [-0.4, -0.2) is 30.8 Å². The standard InChI is InChI=1S/C13H16N2O2S2/c1-11(9-12-5-4-8-18-12)15(2)19(16,17)13-6-3-7-14-10-13/h3-8,10-11H,9H2,1-2H3/t11-/m1/s1. The predicted molar refractivity (Wildman–Crippen MR) is 76.7 cm³/mol. The van der Waals surface area contributed by atoms with Gasteiger partial charge in [0.25, 0.3) is 0 Å². The first-order valence-electron chi connectivity index (χ1n) is 5.92. The summed E-state index contributed by atoms with van der Waals surface area (Å²) in [4.78, 5) is 5.28. The molecule has 6 heteroatoms. The second-order valence-electron chi connectivity index (χ2n) is 4.34. The van der Waals surface area contributed by atoms with Crippen molar-refractivity contribution in [1.29, 1.82) is 0 Å². The van der Waals surface area contributed by atoms with Crippen LogP contribution < -0.4 is 0 Å². The van der Waals surface area contributed by atoms with Crippen molar-refractivity contribution in [2.24, 2.45) is 0 Å². The quantitative estimate of drug-likeness (QED) is 0.851. The highest BCUT2D eigenvalue weighted by Crippen LogP contribution is 2.19. The Balaban J connectivity index is 2.16. The number of thiophene rings is 1. The van der Waals surface area contributed by atoms with Crippen LogP contribution in [0.1, 0.15) is 11.8 Å². The summed E-state index contributed by atoms with van der Waals surface area (Å²) < 4.78 is 26.2. The zero-order chi connectivity index (χ0) is 13.9. The summed E-state index contributed by atoms with van der Waals surface area (Å²) in [6.07, 6.45) is 3.66. The zero-order valence-corrected chi connectivity index (χ0v) is 12.5. The largest absolute Gasteiger partial charge is 0.263 e. The summed E-state index contributed by atoms with van der Waals surface area (Å²) >= 11 is 1.64. The molecule has 0 unspecified atom stereocenters. The molecule has 0 bridgehead atoms. The molecule has 2 aromatic rings. The third-order valence-electron chi connectivity index (χ3n) is 3.01. The van der Waals surface area contributed by atoms with E-state index in [9.17, 15) is 8.42 Å². The molecule has 0 aliphatic heterocycles. The molecule has 102 valence electrons. The smallest absolute Gasteiger partial charge is 0.244 e. The van der Waals surface area contributed by atoms with E-state index in [1.807, 2.05) is 24.4 Å². The van der Waals surface area contributed by atoms with Gasteiger partial charge in [-0.2, -0.15) is 4.31 Å². The van der Waals surface area contributed by atoms with Crippen molar-refractivity contribution in [3.8, 4) is 0 Å². The lowest BCUT2D eigenvalue weighted by atomic mass is 10.2. The zero-order valence-electron chi connectivity index (χ0n) is 10.9. The van der Waals surface area contributed by atoms with Gasteiger partial charge in [-0.3, -0.25) is 4.98 Å². The van der Waals surface area contributed by atoms with Gasteiger partial charge < -0.3 is 0 Å². The number of sulfonamides is 1. The van der Waals surface area contributed by atoms with Gasteiger partial charge in [0.15, 0.2) is 0 Å². The van der Waals surface area contributed by atoms with Crippen LogP contribution in [0.25, 0.3) is 0 Å². The Morgan fingerprint density at radius 2 is 2.16 bits per heavy atom. The molecule has 2 rings (SSSR count). The maximum Gasteiger partial charge on any atom is 0.244 e. The summed E-state index contributed by atoms with van der Waals surface area (Å²) in [6, 6.07) is 7.10. The minimum atomic E-state index is -3.47. The van der Waals surface area contributed by atoms with E-state index in [4.69, 9.17) is 0 Å². The van der Waals surface area contributed by atoms with Crippen LogP contribution in [0.3, 0.4) is 0 Å². The van der Waals surface area contributed by atoms with E-state index >= 15 is 0 Å².